The van der Waals surface area contributed by atoms with Gasteiger partial charge >= 0.3 is 0 Å². The molecule has 0 aliphatic carbocycles. The topological polar surface area (TPSA) is 130 Å². The van der Waals surface area contributed by atoms with Crippen LogP contribution in [0.5, 0.6) is 0 Å². The summed E-state index contributed by atoms with van der Waals surface area (Å²) in [7, 11) is 0. The van der Waals surface area contributed by atoms with Gasteiger partial charge in [-0.15, -0.1) is 0 Å². The molecule has 3 aromatic carbocycles. The van der Waals surface area contributed by atoms with E-state index < -0.39 is 16.7 Å². The van der Waals surface area contributed by atoms with Crippen molar-refractivity contribution < 1.29 is 14.5 Å². The Hall–Kier alpha value is -4.53. The SMILES string of the molecule is Cc1cc(C(=O)NCC(=O)Nc2cccc(-c3nc4ccccc4[nH]3)c2)ccc1[N+](=O)[O-]. The number of imidazole rings is 1. The minimum atomic E-state index is -0.510. The molecule has 0 atom stereocenters. The van der Waals surface area contributed by atoms with E-state index in [9.17, 15) is 19.7 Å². The van der Waals surface area contributed by atoms with Crippen molar-refractivity contribution in [3.63, 3.8) is 0 Å². The number of nitro benzene ring substituents is 1. The predicted octanol–water partition coefficient (Wildman–Crippen LogP) is 3.82. The average molecular weight is 429 g/mol. The van der Waals surface area contributed by atoms with E-state index in [1.165, 1.54) is 18.2 Å². The van der Waals surface area contributed by atoms with Gasteiger partial charge in [-0.05, 0) is 43.3 Å². The zero-order valence-corrected chi connectivity index (χ0v) is 17.1. The third-order valence-electron chi connectivity index (χ3n) is 4.87. The number of rotatable bonds is 6. The number of aromatic amines is 1. The van der Waals surface area contributed by atoms with Gasteiger partial charge in [-0.3, -0.25) is 19.7 Å². The third kappa shape index (κ3) is 4.46. The third-order valence-corrected chi connectivity index (χ3v) is 4.87. The highest BCUT2D eigenvalue weighted by Gasteiger charge is 2.14. The first-order valence-corrected chi connectivity index (χ1v) is 9.79. The summed E-state index contributed by atoms with van der Waals surface area (Å²) in [6, 6.07) is 18.9. The number of benzene rings is 3. The van der Waals surface area contributed by atoms with Crippen LogP contribution >= 0.6 is 0 Å². The number of carbonyl (C=O) groups is 2. The molecule has 9 heteroatoms. The zero-order valence-electron chi connectivity index (χ0n) is 17.1. The maximum atomic E-state index is 12.3. The van der Waals surface area contributed by atoms with E-state index >= 15 is 0 Å². The second-order valence-electron chi connectivity index (χ2n) is 7.17. The number of H-pyrrole nitrogens is 1. The van der Waals surface area contributed by atoms with Gasteiger partial charge < -0.3 is 15.6 Å². The van der Waals surface area contributed by atoms with Crippen LogP contribution < -0.4 is 10.6 Å². The number of aryl methyl sites for hydroxylation is 1. The molecule has 0 saturated carbocycles. The van der Waals surface area contributed by atoms with Crippen molar-refractivity contribution in [2.45, 2.75) is 6.92 Å². The lowest BCUT2D eigenvalue weighted by Crippen LogP contribution is -2.32. The number of carbonyl (C=O) groups excluding carboxylic acids is 2. The molecule has 0 aliphatic rings. The molecule has 0 radical (unpaired) electrons. The number of fused-ring (bicyclic) bond motifs is 1. The van der Waals surface area contributed by atoms with Crippen LogP contribution in [0, 0.1) is 17.0 Å². The van der Waals surface area contributed by atoms with Crippen molar-refractivity contribution in [2.75, 3.05) is 11.9 Å². The second-order valence-corrected chi connectivity index (χ2v) is 7.17. The monoisotopic (exact) mass is 429 g/mol. The first kappa shape index (κ1) is 20.7. The van der Waals surface area contributed by atoms with E-state index in [4.69, 9.17) is 0 Å². The van der Waals surface area contributed by atoms with Crippen molar-refractivity contribution in [2.24, 2.45) is 0 Å². The van der Waals surface area contributed by atoms with Gasteiger partial charge in [-0.1, -0.05) is 24.3 Å². The van der Waals surface area contributed by atoms with Gasteiger partial charge in [0.15, 0.2) is 0 Å². The normalized spacial score (nSPS) is 10.7. The van der Waals surface area contributed by atoms with E-state index in [1.807, 2.05) is 30.3 Å². The minimum Gasteiger partial charge on any atom is -0.343 e. The molecule has 0 unspecified atom stereocenters. The maximum Gasteiger partial charge on any atom is 0.272 e. The summed E-state index contributed by atoms with van der Waals surface area (Å²) in [5, 5.41) is 16.2. The molecule has 0 fully saturated rings. The summed E-state index contributed by atoms with van der Waals surface area (Å²) < 4.78 is 0. The molecule has 0 bridgehead atoms. The van der Waals surface area contributed by atoms with Crippen LogP contribution in [0.25, 0.3) is 22.4 Å². The number of nitrogens with zero attached hydrogens (tertiary/aromatic N) is 2. The lowest BCUT2D eigenvalue weighted by atomic mass is 10.1. The second kappa shape index (κ2) is 8.68. The van der Waals surface area contributed by atoms with Crippen molar-refractivity contribution >= 4 is 34.2 Å². The van der Waals surface area contributed by atoms with E-state index in [1.54, 1.807) is 25.1 Å². The molecule has 9 nitrogen and oxygen atoms in total. The van der Waals surface area contributed by atoms with Crippen molar-refractivity contribution in [1.29, 1.82) is 0 Å². The van der Waals surface area contributed by atoms with Gasteiger partial charge in [0.25, 0.3) is 11.6 Å². The molecule has 0 saturated heterocycles. The number of aromatic nitrogens is 2. The maximum absolute atomic E-state index is 12.3. The summed E-state index contributed by atoms with van der Waals surface area (Å²) in [6.07, 6.45) is 0. The number of nitro groups is 1. The summed E-state index contributed by atoms with van der Waals surface area (Å²) in [5.74, 6) is -0.211. The van der Waals surface area contributed by atoms with Gasteiger partial charge in [0.2, 0.25) is 5.91 Å². The lowest BCUT2D eigenvalue weighted by Gasteiger charge is -2.08. The highest BCUT2D eigenvalue weighted by molar-refractivity contribution is 5.99. The van der Waals surface area contributed by atoms with Crippen LogP contribution in [0.2, 0.25) is 0 Å². The van der Waals surface area contributed by atoms with E-state index in [0.29, 0.717) is 17.1 Å². The zero-order chi connectivity index (χ0) is 22.7. The molecule has 1 heterocycles. The van der Waals surface area contributed by atoms with Crippen molar-refractivity contribution in [3.8, 4) is 11.4 Å². The molecule has 4 rings (SSSR count). The molecule has 3 N–H and O–H groups in total. The molecular weight excluding hydrogens is 410 g/mol. The Bertz CT molecular complexity index is 1310. The molecule has 1 aromatic heterocycles. The Kier molecular flexibility index (Phi) is 5.63. The van der Waals surface area contributed by atoms with Crippen LogP contribution in [0.1, 0.15) is 15.9 Å². The van der Waals surface area contributed by atoms with E-state index in [2.05, 4.69) is 20.6 Å². The van der Waals surface area contributed by atoms with Gasteiger partial charge in [-0.25, -0.2) is 4.98 Å². The lowest BCUT2D eigenvalue weighted by molar-refractivity contribution is -0.385. The van der Waals surface area contributed by atoms with Crippen LogP contribution in [0.15, 0.2) is 66.7 Å². The molecular formula is C23H19N5O4. The van der Waals surface area contributed by atoms with Gasteiger partial charge in [0.1, 0.15) is 5.82 Å². The number of para-hydroxylation sites is 2. The standard InChI is InChI=1S/C23H19N5O4/c1-14-11-16(9-10-20(14)28(31)32)23(30)24-13-21(29)25-17-6-4-5-15(12-17)22-26-18-7-2-3-8-19(18)27-22/h2-12H,13H2,1H3,(H,24,30)(H,25,29)(H,26,27). The molecule has 4 aromatic rings. The number of hydrogen-bond acceptors (Lipinski definition) is 5. The Morgan fingerprint density at radius 3 is 2.62 bits per heavy atom. The Labute approximate surface area is 182 Å². The molecule has 0 spiro atoms. The summed E-state index contributed by atoms with van der Waals surface area (Å²) in [6.45, 7) is 1.31. The van der Waals surface area contributed by atoms with Gasteiger partial charge in [0, 0.05) is 28.4 Å². The Balaban J connectivity index is 1.39. The van der Waals surface area contributed by atoms with Crippen molar-refractivity contribution in [3.05, 3.63) is 88.0 Å². The Morgan fingerprint density at radius 2 is 1.88 bits per heavy atom. The largest absolute Gasteiger partial charge is 0.343 e. The summed E-state index contributed by atoms with van der Waals surface area (Å²) in [5.41, 5.74) is 3.69. The summed E-state index contributed by atoms with van der Waals surface area (Å²) in [4.78, 5) is 42.8. The van der Waals surface area contributed by atoms with Crippen LogP contribution in [0.3, 0.4) is 0 Å². The van der Waals surface area contributed by atoms with Crippen LogP contribution in [0.4, 0.5) is 11.4 Å². The average Bonchev–Trinajstić information content (AvgIpc) is 3.22. The van der Waals surface area contributed by atoms with Crippen molar-refractivity contribution in [1.82, 2.24) is 15.3 Å². The first-order valence-electron chi connectivity index (χ1n) is 9.79. The minimum absolute atomic E-state index is 0.0661. The van der Waals surface area contributed by atoms with Gasteiger partial charge in [-0.2, -0.15) is 0 Å². The fourth-order valence-corrected chi connectivity index (χ4v) is 3.30. The first-order chi connectivity index (χ1) is 15.4. The van der Waals surface area contributed by atoms with E-state index in [0.717, 1.165) is 16.6 Å². The highest BCUT2D eigenvalue weighted by atomic mass is 16.6. The quantitative estimate of drug-likeness (QED) is 0.317. The molecule has 2 amide bonds. The van der Waals surface area contributed by atoms with Crippen LogP contribution in [-0.4, -0.2) is 33.3 Å². The smallest absolute Gasteiger partial charge is 0.272 e. The molecule has 32 heavy (non-hydrogen) atoms. The fourth-order valence-electron chi connectivity index (χ4n) is 3.30. The molecule has 0 aliphatic heterocycles. The fraction of sp³-hybridized carbons (Fsp3) is 0.0870. The number of hydrogen-bond donors (Lipinski definition) is 3. The van der Waals surface area contributed by atoms with Gasteiger partial charge in [0.05, 0.1) is 22.5 Å². The number of anilines is 1. The number of nitrogens with one attached hydrogen (secondary N) is 3. The number of amides is 2. The van der Waals surface area contributed by atoms with Crippen LogP contribution in [-0.2, 0) is 4.79 Å². The molecule has 160 valence electrons. The highest BCUT2D eigenvalue weighted by Crippen LogP contribution is 2.23. The predicted molar refractivity (Wildman–Crippen MR) is 120 cm³/mol. The Morgan fingerprint density at radius 1 is 1.06 bits per heavy atom. The van der Waals surface area contributed by atoms with E-state index in [-0.39, 0.29) is 17.8 Å². The summed E-state index contributed by atoms with van der Waals surface area (Å²) >= 11 is 0.